The molecular weight excluding hydrogens is 495 g/mol. The van der Waals surface area contributed by atoms with Crippen LogP contribution in [0.4, 0.5) is 5.82 Å². The van der Waals surface area contributed by atoms with Crippen molar-refractivity contribution >= 4 is 40.2 Å². The van der Waals surface area contributed by atoms with Crippen LogP contribution in [0.3, 0.4) is 0 Å². The van der Waals surface area contributed by atoms with Gasteiger partial charge in [0.1, 0.15) is 11.3 Å². The maximum Gasteiger partial charge on any atom is 0.179 e. The van der Waals surface area contributed by atoms with Crippen LogP contribution in [0, 0.1) is 12.8 Å². The van der Waals surface area contributed by atoms with Gasteiger partial charge in [0.15, 0.2) is 5.65 Å². The van der Waals surface area contributed by atoms with Gasteiger partial charge in [0.05, 0.1) is 23.5 Å². The molecule has 1 N–H and O–H groups in total. The van der Waals surface area contributed by atoms with Gasteiger partial charge in [0, 0.05) is 35.2 Å². The van der Waals surface area contributed by atoms with Crippen LogP contribution in [0.2, 0.25) is 10.0 Å². The molecule has 7 nitrogen and oxygen atoms in total. The minimum absolute atomic E-state index is 0.117. The van der Waals surface area contributed by atoms with Gasteiger partial charge >= 0.3 is 0 Å². The zero-order valence-corrected chi connectivity index (χ0v) is 23.3. The molecule has 2 aromatic heterocycles. The first kappa shape index (κ1) is 25.7. The summed E-state index contributed by atoms with van der Waals surface area (Å²) in [5.74, 6) is 1.33. The van der Waals surface area contributed by atoms with Crippen molar-refractivity contribution in [3.8, 4) is 0 Å². The van der Waals surface area contributed by atoms with Crippen LogP contribution < -0.4 is 4.90 Å². The van der Waals surface area contributed by atoms with Crippen LogP contribution in [-0.4, -0.2) is 67.1 Å². The maximum atomic E-state index is 10.7. The first-order valence-corrected chi connectivity index (χ1v) is 13.7. The van der Waals surface area contributed by atoms with Crippen LogP contribution in [0.5, 0.6) is 0 Å². The van der Waals surface area contributed by atoms with Crippen molar-refractivity contribution in [1.29, 1.82) is 0 Å². The molecule has 0 saturated carbocycles. The molecule has 2 aliphatic heterocycles. The fourth-order valence-corrected chi connectivity index (χ4v) is 6.78. The normalized spacial score (nSPS) is 24.6. The number of halogens is 2. The highest BCUT2D eigenvalue weighted by Gasteiger charge is 2.42. The van der Waals surface area contributed by atoms with E-state index in [0.717, 1.165) is 67.1 Å². The van der Waals surface area contributed by atoms with E-state index in [1.54, 1.807) is 6.07 Å². The number of benzene rings is 1. The van der Waals surface area contributed by atoms with Crippen molar-refractivity contribution in [3.63, 3.8) is 0 Å². The molecule has 0 radical (unpaired) electrons. The van der Waals surface area contributed by atoms with Gasteiger partial charge in [-0.3, -0.25) is 4.90 Å². The summed E-state index contributed by atoms with van der Waals surface area (Å²) in [4.78, 5) is 14.7. The summed E-state index contributed by atoms with van der Waals surface area (Å²) in [5.41, 5.74) is 2.69. The largest absolute Gasteiger partial charge is 0.389 e. The number of hydrogen-bond donors (Lipinski definition) is 1. The molecule has 3 aromatic rings. The summed E-state index contributed by atoms with van der Waals surface area (Å²) in [6.45, 7) is 13.1. The average molecular weight is 532 g/mol. The van der Waals surface area contributed by atoms with Crippen LogP contribution >= 0.6 is 23.2 Å². The highest BCUT2D eigenvalue weighted by atomic mass is 35.5. The van der Waals surface area contributed by atoms with Gasteiger partial charge in [-0.25, -0.2) is 14.6 Å². The number of hydrogen-bond acceptors (Lipinski definition) is 6. The van der Waals surface area contributed by atoms with E-state index in [-0.39, 0.29) is 12.1 Å². The molecule has 0 bridgehead atoms. The zero-order valence-electron chi connectivity index (χ0n) is 21.7. The second-order valence-corrected chi connectivity index (χ2v) is 11.9. The number of rotatable bonds is 5. The van der Waals surface area contributed by atoms with E-state index in [1.165, 1.54) is 0 Å². The highest BCUT2D eigenvalue weighted by molar-refractivity contribution is 6.35. The first-order valence-electron chi connectivity index (χ1n) is 12.9. The number of anilines is 1. The fraction of sp³-hybridized carbons (Fsp3) is 0.593. The van der Waals surface area contributed by atoms with Gasteiger partial charge in [-0.2, -0.15) is 5.10 Å². The van der Waals surface area contributed by atoms with E-state index in [9.17, 15) is 5.11 Å². The molecule has 36 heavy (non-hydrogen) atoms. The van der Waals surface area contributed by atoms with Crippen LogP contribution in [-0.2, 0) is 0 Å². The SMILES string of the molecule is Cc1nn(C(C)c2ccc(Cl)cc2Cl)c2nc(N3CCC(N4CCCC4C(C)(C)O)C(C)C3)cnc12. The summed E-state index contributed by atoms with van der Waals surface area (Å²) in [5, 5.41) is 16.7. The summed E-state index contributed by atoms with van der Waals surface area (Å²) in [6.07, 6.45) is 5.15. The van der Waals surface area contributed by atoms with Crippen molar-refractivity contribution in [3.05, 3.63) is 45.7 Å². The second kappa shape index (κ2) is 9.75. The van der Waals surface area contributed by atoms with Crippen molar-refractivity contribution in [2.24, 2.45) is 5.92 Å². The molecule has 0 spiro atoms. The van der Waals surface area contributed by atoms with Gasteiger partial charge in [-0.1, -0.05) is 36.2 Å². The Labute approximate surface area is 223 Å². The number of fused-ring (bicyclic) bond motifs is 1. The van der Waals surface area contributed by atoms with E-state index in [1.807, 2.05) is 43.8 Å². The number of aliphatic hydroxyl groups is 1. The topological polar surface area (TPSA) is 70.3 Å². The number of piperidine rings is 1. The third kappa shape index (κ3) is 4.71. The predicted octanol–water partition coefficient (Wildman–Crippen LogP) is 5.50. The lowest BCUT2D eigenvalue weighted by atomic mass is 9.89. The smallest absolute Gasteiger partial charge is 0.179 e. The van der Waals surface area contributed by atoms with Crippen molar-refractivity contribution < 1.29 is 5.11 Å². The van der Waals surface area contributed by atoms with E-state index in [4.69, 9.17) is 38.3 Å². The standard InChI is InChI=1S/C27H36Cl2N6O/c1-16-15-33(12-10-22(16)34-11-6-7-23(34)27(4,5)36)24-14-30-25-17(2)32-35(26(25)31-24)18(3)20-9-8-19(28)13-21(20)29/h8-9,13-14,16,18,22-23,36H,6-7,10-12,15H2,1-5H3. The van der Waals surface area contributed by atoms with Gasteiger partial charge in [0.25, 0.3) is 0 Å². The fourth-order valence-electron chi connectivity index (χ4n) is 6.21. The van der Waals surface area contributed by atoms with Crippen LogP contribution in [0.25, 0.3) is 11.2 Å². The summed E-state index contributed by atoms with van der Waals surface area (Å²) >= 11 is 12.6. The second-order valence-electron chi connectivity index (χ2n) is 11.1. The molecule has 9 heteroatoms. The van der Waals surface area contributed by atoms with E-state index >= 15 is 0 Å². The van der Waals surface area contributed by atoms with Gasteiger partial charge in [-0.05, 0) is 77.1 Å². The number of aryl methyl sites for hydroxylation is 1. The highest BCUT2D eigenvalue weighted by Crippen LogP contribution is 2.35. The molecule has 2 saturated heterocycles. The molecular formula is C27H36Cl2N6O. The average Bonchev–Trinajstić information content (AvgIpc) is 3.43. The number of likely N-dealkylation sites (tertiary alicyclic amines) is 1. The van der Waals surface area contributed by atoms with Crippen molar-refractivity contribution in [2.45, 2.75) is 77.6 Å². The molecule has 4 heterocycles. The Morgan fingerprint density at radius 3 is 2.64 bits per heavy atom. The molecule has 194 valence electrons. The third-order valence-corrected chi connectivity index (χ3v) is 8.62. The maximum absolute atomic E-state index is 10.7. The Hall–Kier alpha value is -1.93. The Balaban J connectivity index is 1.40. The predicted molar refractivity (Wildman–Crippen MR) is 146 cm³/mol. The molecule has 4 atom stereocenters. The molecule has 4 unspecified atom stereocenters. The Morgan fingerprint density at radius 1 is 1.17 bits per heavy atom. The minimum atomic E-state index is -0.677. The van der Waals surface area contributed by atoms with Gasteiger partial charge in [0.2, 0.25) is 0 Å². The van der Waals surface area contributed by atoms with Crippen molar-refractivity contribution in [1.82, 2.24) is 24.6 Å². The monoisotopic (exact) mass is 530 g/mol. The van der Waals surface area contributed by atoms with Gasteiger partial charge < -0.3 is 10.0 Å². The Kier molecular flexibility index (Phi) is 6.96. The zero-order chi connectivity index (χ0) is 25.8. The Bertz CT molecular complexity index is 1260. The lowest BCUT2D eigenvalue weighted by Gasteiger charge is -2.46. The number of nitrogens with zero attached hydrogens (tertiary/aromatic N) is 6. The molecule has 2 fully saturated rings. The molecule has 0 amide bonds. The first-order chi connectivity index (χ1) is 17.0. The lowest BCUT2D eigenvalue weighted by Crippen LogP contribution is -2.56. The Morgan fingerprint density at radius 2 is 1.94 bits per heavy atom. The summed E-state index contributed by atoms with van der Waals surface area (Å²) in [6, 6.07) is 6.14. The molecule has 5 rings (SSSR count). The van der Waals surface area contributed by atoms with E-state index in [0.29, 0.717) is 22.0 Å². The molecule has 0 aliphatic carbocycles. The van der Waals surface area contributed by atoms with Crippen LogP contribution in [0.1, 0.15) is 64.3 Å². The summed E-state index contributed by atoms with van der Waals surface area (Å²) in [7, 11) is 0. The lowest BCUT2D eigenvalue weighted by molar-refractivity contribution is -0.0284. The van der Waals surface area contributed by atoms with Gasteiger partial charge in [-0.15, -0.1) is 0 Å². The third-order valence-electron chi connectivity index (χ3n) is 8.06. The minimum Gasteiger partial charge on any atom is -0.389 e. The number of aromatic nitrogens is 4. The summed E-state index contributed by atoms with van der Waals surface area (Å²) < 4.78 is 1.92. The van der Waals surface area contributed by atoms with Crippen molar-refractivity contribution in [2.75, 3.05) is 24.5 Å². The van der Waals surface area contributed by atoms with E-state index < -0.39 is 5.60 Å². The molecule has 2 aliphatic rings. The quantitative estimate of drug-likeness (QED) is 0.469. The molecule has 1 aromatic carbocycles. The van der Waals surface area contributed by atoms with E-state index in [2.05, 4.69) is 23.6 Å². The van der Waals surface area contributed by atoms with Crippen LogP contribution in [0.15, 0.2) is 24.4 Å².